The quantitative estimate of drug-likeness (QED) is 0.865. The second kappa shape index (κ2) is 8.28. The highest BCUT2D eigenvalue weighted by Crippen LogP contribution is 2.33. The van der Waals surface area contributed by atoms with Gasteiger partial charge in [-0.05, 0) is 25.0 Å². The number of aromatic nitrogens is 2. The molecule has 0 aliphatic carbocycles. The average molecular weight is 376 g/mol. The third kappa shape index (κ3) is 5.12. The molecule has 144 valence electrons. The number of piperidine rings is 1. The van der Waals surface area contributed by atoms with Crippen LogP contribution < -0.4 is 5.32 Å². The molecular formula is C19H22F2N4O2. The van der Waals surface area contributed by atoms with Gasteiger partial charge in [-0.25, -0.2) is 23.5 Å². The molecule has 0 radical (unpaired) electrons. The van der Waals surface area contributed by atoms with E-state index in [1.165, 1.54) is 0 Å². The van der Waals surface area contributed by atoms with E-state index in [1.54, 1.807) is 18.5 Å². The second-order valence-electron chi connectivity index (χ2n) is 6.66. The highest BCUT2D eigenvalue weighted by molar-refractivity contribution is 5.68. The van der Waals surface area contributed by atoms with Crippen molar-refractivity contribution in [2.75, 3.05) is 25.0 Å². The monoisotopic (exact) mass is 376 g/mol. The molecule has 1 atom stereocenters. The van der Waals surface area contributed by atoms with E-state index in [0.29, 0.717) is 5.95 Å². The summed E-state index contributed by atoms with van der Waals surface area (Å²) in [4.78, 5) is 21.1. The third-order valence-corrected chi connectivity index (χ3v) is 4.56. The maximum atomic E-state index is 14.5. The Labute approximate surface area is 156 Å². The molecule has 2 heterocycles. The summed E-state index contributed by atoms with van der Waals surface area (Å²) in [5, 5.41) is 2.83. The van der Waals surface area contributed by atoms with Gasteiger partial charge in [-0.2, -0.15) is 0 Å². The van der Waals surface area contributed by atoms with Crippen molar-refractivity contribution in [3.05, 3.63) is 53.9 Å². The molecule has 0 bridgehead atoms. The van der Waals surface area contributed by atoms with E-state index in [0.717, 1.165) is 16.0 Å². The molecule has 1 aromatic heterocycles. The average Bonchev–Trinajstić information content (AvgIpc) is 2.66. The van der Waals surface area contributed by atoms with Gasteiger partial charge in [0, 0.05) is 31.4 Å². The molecule has 3 rings (SSSR count). The fraction of sp³-hybridized carbons (Fsp3) is 0.421. The van der Waals surface area contributed by atoms with Crippen LogP contribution in [0.1, 0.15) is 17.5 Å². The highest BCUT2D eigenvalue weighted by atomic mass is 19.3. The molecule has 1 aliphatic heterocycles. The Kier molecular flexibility index (Phi) is 5.83. The molecule has 0 spiro atoms. The summed E-state index contributed by atoms with van der Waals surface area (Å²) in [6.45, 7) is 1.65. The van der Waals surface area contributed by atoms with Crippen molar-refractivity contribution in [2.24, 2.45) is 5.92 Å². The van der Waals surface area contributed by atoms with Crippen LogP contribution in [0.5, 0.6) is 0 Å². The van der Waals surface area contributed by atoms with Crippen molar-refractivity contribution < 1.29 is 18.3 Å². The second-order valence-corrected chi connectivity index (χ2v) is 6.66. The Balaban J connectivity index is 1.49. The zero-order valence-corrected chi connectivity index (χ0v) is 15.1. The molecule has 6 nitrogen and oxygen atoms in total. The molecule has 27 heavy (non-hydrogen) atoms. The van der Waals surface area contributed by atoms with Gasteiger partial charge in [-0.15, -0.1) is 0 Å². The van der Waals surface area contributed by atoms with Crippen molar-refractivity contribution in [1.82, 2.24) is 14.9 Å². The van der Waals surface area contributed by atoms with Gasteiger partial charge in [0.05, 0.1) is 6.54 Å². The number of alkyl halides is 2. The lowest BCUT2D eigenvalue weighted by Gasteiger charge is -2.37. The molecular weight excluding hydrogens is 354 g/mol. The van der Waals surface area contributed by atoms with Crippen LogP contribution in [0.25, 0.3) is 0 Å². The molecule has 1 N–H and O–H groups in total. The van der Waals surface area contributed by atoms with Gasteiger partial charge in [0.25, 0.3) is 5.92 Å². The number of nitrogens with zero attached hydrogens (tertiary/aromatic N) is 3. The van der Waals surface area contributed by atoms with Crippen molar-refractivity contribution in [3.8, 4) is 0 Å². The van der Waals surface area contributed by atoms with Gasteiger partial charge in [0.15, 0.2) is 0 Å². The number of halogens is 2. The predicted octanol–water partition coefficient (Wildman–Crippen LogP) is 3.49. The first-order valence-electron chi connectivity index (χ1n) is 8.80. The number of ether oxygens (including phenoxy) is 1. The van der Waals surface area contributed by atoms with Gasteiger partial charge in [-0.1, -0.05) is 29.8 Å². The first-order valence-corrected chi connectivity index (χ1v) is 8.80. The lowest BCUT2D eigenvalue weighted by molar-refractivity contribution is -0.102. The van der Waals surface area contributed by atoms with Crippen molar-refractivity contribution in [1.29, 1.82) is 0 Å². The number of anilines is 1. The summed E-state index contributed by atoms with van der Waals surface area (Å²) >= 11 is 0. The maximum absolute atomic E-state index is 14.5. The van der Waals surface area contributed by atoms with Crippen molar-refractivity contribution in [2.45, 2.75) is 25.9 Å². The number of amides is 1. The zero-order chi connectivity index (χ0) is 19.3. The van der Waals surface area contributed by atoms with Crippen LogP contribution >= 0.6 is 0 Å². The number of aryl methyl sites for hydroxylation is 1. The van der Waals surface area contributed by atoms with Gasteiger partial charge >= 0.3 is 6.09 Å². The van der Waals surface area contributed by atoms with Crippen LogP contribution in [0.4, 0.5) is 19.5 Å². The van der Waals surface area contributed by atoms with Crippen LogP contribution in [-0.2, 0) is 11.3 Å². The van der Waals surface area contributed by atoms with Gasteiger partial charge in [0.2, 0.25) is 5.95 Å². The number of carbonyl (C=O) groups is 1. The number of benzene rings is 1. The normalized spacial score (nSPS) is 18.8. The van der Waals surface area contributed by atoms with Crippen molar-refractivity contribution >= 4 is 12.0 Å². The van der Waals surface area contributed by atoms with Gasteiger partial charge < -0.3 is 15.0 Å². The molecule has 0 saturated carbocycles. The third-order valence-electron chi connectivity index (χ3n) is 4.56. The van der Waals surface area contributed by atoms with Crippen LogP contribution in [0.3, 0.4) is 0 Å². The fourth-order valence-corrected chi connectivity index (χ4v) is 2.92. The number of carbonyl (C=O) groups excluding carboxylic acids is 1. The standard InChI is InChI=1S/C19H22F2N4O2/c1-14-3-5-15(6-4-14)12-27-18(26)25-10-7-16(19(20,21)13-25)11-24-17-22-8-2-9-23-17/h2-6,8-9,16H,7,10-13H2,1H3,(H,22,23,24)/t16-/m0/s1. The smallest absolute Gasteiger partial charge is 0.410 e. The minimum Gasteiger partial charge on any atom is -0.445 e. The summed E-state index contributed by atoms with van der Waals surface area (Å²) in [5.74, 6) is -3.60. The minimum absolute atomic E-state index is 0.0449. The van der Waals surface area contributed by atoms with Crippen LogP contribution in [0.15, 0.2) is 42.7 Å². The number of hydrogen-bond acceptors (Lipinski definition) is 5. The number of likely N-dealkylation sites (tertiary alicyclic amines) is 1. The predicted molar refractivity (Wildman–Crippen MR) is 96.5 cm³/mol. The number of nitrogens with one attached hydrogen (secondary N) is 1. The molecule has 1 amide bonds. The van der Waals surface area contributed by atoms with E-state index in [4.69, 9.17) is 4.74 Å². The molecule has 8 heteroatoms. The lowest BCUT2D eigenvalue weighted by atomic mass is 9.93. The first kappa shape index (κ1) is 19.0. The van der Waals surface area contributed by atoms with E-state index < -0.39 is 24.5 Å². The van der Waals surface area contributed by atoms with E-state index >= 15 is 0 Å². The van der Waals surface area contributed by atoms with Crippen molar-refractivity contribution in [3.63, 3.8) is 0 Å². The number of hydrogen-bond donors (Lipinski definition) is 1. The summed E-state index contributed by atoms with van der Waals surface area (Å²) in [7, 11) is 0. The highest BCUT2D eigenvalue weighted by Gasteiger charge is 2.46. The lowest BCUT2D eigenvalue weighted by Crippen LogP contribution is -2.52. The van der Waals surface area contributed by atoms with E-state index in [9.17, 15) is 13.6 Å². The topological polar surface area (TPSA) is 67.3 Å². The summed E-state index contributed by atoms with van der Waals surface area (Å²) < 4.78 is 34.1. The molecule has 2 aromatic rings. The SMILES string of the molecule is Cc1ccc(COC(=O)N2CC[C@@H](CNc3ncccn3)C(F)(F)C2)cc1. The molecule has 1 saturated heterocycles. The van der Waals surface area contributed by atoms with E-state index in [1.807, 2.05) is 31.2 Å². The van der Waals surface area contributed by atoms with Gasteiger partial charge in [0.1, 0.15) is 6.61 Å². The Morgan fingerprint density at radius 1 is 1.30 bits per heavy atom. The summed E-state index contributed by atoms with van der Waals surface area (Å²) in [5.41, 5.74) is 1.92. The van der Waals surface area contributed by atoms with Crippen LogP contribution in [0.2, 0.25) is 0 Å². The fourth-order valence-electron chi connectivity index (χ4n) is 2.92. The summed E-state index contributed by atoms with van der Waals surface area (Å²) in [6.07, 6.45) is 2.54. The largest absolute Gasteiger partial charge is 0.445 e. The van der Waals surface area contributed by atoms with Crippen LogP contribution in [-0.4, -0.2) is 46.5 Å². The maximum Gasteiger partial charge on any atom is 0.410 e. The molecule has 1 aromatic carbocycles. The molecule has 0 unspecified atom stereocenters. The van der Waals surface area contributed by atoms with E-state index in [-0.39, 0.29) is 26.1 Å². The minimum atomic E-state index is -3.01. The Morgan fingerprint density at radius 3 is 2.67 bits per heavy atom. The molecule has 1 fully saturated rings. The first-order chi connectivity index (χ1) is 12.9. The Morgan fingerprint density at radius 2 is 2.00 bits per heavy atom. The van der Waals surface area contributed by atoms with E-state index in [2.05, 4.69) is 15.3 Å². The van der Waals surface area contributed by atoms with Crippen LogP contribution in [0, 0.1) is 12.8 Å². The molecule has 1 aliphatic rings. The Bertz CT molecular complexity index is 756. The zero-order valence-electron chi connectivity index (χ0n) is 15.1. The van der Waals surface area contributed by atoms with Gasteiger partial charge in [-0.3, -0.25) is 0 Å². The summed E-state index contributed by atoms with van der Waals surface area (Å²) in [6, 6.07) is 9.17. The number of rotatable bonds is 5. The Hall–Kier alpha value is -2.77.